The molecule has 0 radical (unpaired) electrons. The Balaban J connectivity index is 1.62. The van der Waals surface area contributed by atoms with Gasteiger partial charge >= 0.3 is 7.40 Å². The highest BCUT2D eigenvalue weighted by Crippen LogP contribution is 2.42. The molecule has 44 heavy (non-hydrogen) atoms. The van der Waals surface area contributed by atoms with Crippen LogP contribution in [-0.4, -0.2) is 23.9 Å². The van der Waals surface area contributed by atoms with Gasteiger partial charge in [0, 0.05) is 50.9 Å². The quantitative estimate of drug-likeness (QED) is 0.0992. The molecule has 4 aromatic rings. The Hall–Kier alpha value is -4.52. The lowest BCUT2D eigenvalue weighted by Crippen LogP contribution is -2.18. The number of benzene rings is 3. The zero-order chi connectivity index (χ0) is 31.4. The molecule has 0 aliphatic carbocycles. The zero-order valence-corrected chi connectivity index (χ0v) is 26.1. The van der Waals surface area contributed by atoms with Crippen LogP contribution in [0.1, 0.15) is 79.3 Å². The van der Waals surface area contributed by atoms with Crippen LogP contribution in [0.15, 0.2) is 101 Å². The summed E-state index contributed by atoms with van der Waals surface area (Å²) in [6.45, 7) is 9.48. The third-order valence-electron chi connectivity index (χ3n) is 8.48. The monoisotopic (exact) mass is 589 g/mol. The summed E-state index contributed by atoms with van der Waals surface area (Å²) in [7, 11) is -2.76. The largest absolute Gasteiger partial charge is 0.677 e. The van der Waals surface area contributed by atoms with E-state index in [-0.39, 0.29) is 5.69 Å². The number of para-hydroxylation sites is 2. The second-order valence-electron chi connectivity index (χ2n) is 11.3. The van der Waals surface area contributed by atoms with Crippen LogP contribution < -0.4 is 4.90 Å². The van der Waals surface area contributed by atoms with Crippen LogP contribution in [-0.2, 0) is 0 Å². The van der Waals surface area contributed by atoms with E-state index >= 15 is 0 Å². The molecule has 7 heteroatoms. The van der Waals surface area contributed by atoms with Gasteiger partial charge in [-0.3, -0.25) is 18.4 Å². The lowest BCUT2D eigenvalue weighted by molar-refractivity contribution is 0.112. The second-order valence-corrected chi connectivity index (χ2v) is 11.3. The van der Waals surface area contributed by atoms with E-state index < -0.39 is 7.40 Å². The van der Waals surface area contributed by atoms with Gasteiger partial charge in [-0.15, -0.1) is 0 Å². The highest BCUT2D eigenvalue weighted by Gasteiger charge is 2.32. The summed E-state index contributed by atoms with van der Waals surface area (Å²) in [6.07, 6.45) is 4.12. The maximum atomic E-state index is 14.5. The third kappa shape index (κ3) is 5.83. The van der Waals surface area contributed by atoms with E-state index in [1.54, 1.807) is 13.8 Å². The first kappa shape index (κ1) is 30.9. The van der Waals surface area contributed by atoms with Gasteiger partial charge in [0.15, 0.2) is 6.29 Å². The van der Waals surface area contributed by atoms with Crippen LogP contribution in [0.4, 0.5) is 25.7 Å². The first-order valence-corrected chi connectivity index (χ1v) is 15.2. The molecule has 1 aromatic heterocycles. The van der Waals surface area contributed by atoms with E-state index in [1.165, 1.54) is 0 Å². The number of aldehydes is 1. The van der Waals surface area contributed by atoms with Crippen LogP contribution in [0.2, 0.25) is 0 Å². The van der Waals surface area contributed by atoms with Gasteiger partial charge in [0.05, 0.1) is 5.70 Å². The number of rotatable bonds is 11. The van der Waals surface area contributed by atoms with Crippen molar-refractivity contribution in [2.75, 3.05) is 4.90 Å². The predicted octanol–water partition coefficient (Wildman–Crippen LogP) is 10.4. The first-order chi connectivity index (χ1) is 21.3. The van der Waals surface area contributed by atoms with Crippen LogP contribution in [0.25, 0.3) is 11.1 Å². The molecule has 224 valence electrons. The Kier molecular flexibility index (Phi) is 9.43. The summed E-state index contributed by atoms with van der Waals surface area (Å²) in [5.41, 5.74) is 10.1. The topological polar surface area (TPSA) is 37.6 Å². The lowest BCUT2D eigenvalue weighted by Gasteiger charge is -2.25. The Bertz CT molecular complexity index is 1700. The van der Waals surface area contributed by atoms with Crippen molar-refractivity contribution in [2.45, 2.75) is 60.3 Å². The van der Waals surface area contributed by atoms with Gasteiger partial charge in [-0.1, -0.05) is 68.3 Å². The Morgan fingerprint density at radius 1 is 0.841 bits per heavy atom. The van der Waals surface area contributed by atoms with Crippen molar-refractivity contribution in [3.05, 3.63) is 124 Å². The van der Waals surface area contributed by atoms with Crippen molar-refractivity contribution in [1.29, 1.82) is 0 Å². The summed E-state index contributed by atoms with van der Waals surface area (Å²) in [4.78, 5) is 19.2. The minimum absolute atomic E-state index is 0.286. The normalized spacial score (nSPS) is 14.1. The number of anilines is 3. The number of hydrogen-bond donors (Lipinski definition) is 0. The molecule has 2 heterocycles. The first-order valence-electron chi connectivity index (χ1n) is 15.2. The van der Waals surface area contributed by atoms with Crippen molar-refractivity contribution >= 4 is 47.6 Å². The van der Waals surface area contributed by atoms with Crippen molar-refractivity contribution in [3.8, 4) is 0 Å². The van der Waals surface area contributed by atoms with Crippen molar-refractivity contribution in [1.82, 2.24) is 4.48 Å². The molecule has 0 N–H and O–H groups in total. The summed E-state index contributed by atoms with van der Waals surface area (Å²) in [6, 6.07) is 28.9. The molecule has 0 saturated carbocycles. The minimum atomic E-state index is -2.76. The summed E-state index contributed by atoms with van der Waals surface area (Å²) >= 11 is 0. The third-order valence-corrected chi connectivity index (χ3v) is 8.48. The molecule has 0 saturated heterocycles. The fourth-order valence-corrected chi connectivity index (χ4v) is 6.36. The zero-order valence-electron chi connectivity index (χ0n) is 26.1. The fraction of sp³-hybridized carbons (Fsp3) is 0.243. The average Bonchev–Trinajstić information content (AvgIpc) is 3.47. The minimum Gasteiger partial charge on any atom is -0.328 e. The lowest BCUT2D eigenvalue weighted by atomic mass is 9.92. The number of aromatic nitrogens is 1. The molecule has 0 bridgehead atoms. The highest BCUT2D eigenvalue weighted by atomic mass is 19.2. The van der Waals surface area contributed by atoms with Crippen LogP contribution >= 0.6 is 0 Å². The average molecular weight is 590 g/mol. The van der Waals surface area contributed by atoms with Crippen molar-refractivity contribution in [3.63, 3.8) is 0 Å². The van der Waals surface area contributed by atoms with Gasteiger partial charge in [0.1, 0.15) is 0 Å². The van der Waals surface area contributed by atoms with Crippen molar-refractivity contribution < 1.29 is 13.4 Å². The van der Waals surface area contributed by atoms with E-state index in [0.29, 0.717) is 29.5 Å². The number of nitrogens with zero attached hydrogens (tertiary/aromatic N) is 3. The fourth-order valence-electron chi connectivity index (χ4n) is 6.36. The number of hydrogen-bond acceptors (Lipinski definition) is 3. The molecule has 1 aliphatic heterocycles. The Labute approximate surface area is 259 Å². The molecular formula is C37H38BF2N3O. The van der Waals surface area contributed by atoms with Gasteiger partial charge in [-0.25, -0.2) is 0 Å². The summed E-state index contributed by atoms with van der Waals surface area (Å²) < 4.78 is 30.0. The van der Waals surface area contributed by atoms with Crippen LogP contribution in [0, 0.1) is 13.8 Å². The summed E-state index contributed by atoms with van der Waals surface area (Å²) in [5, 5.41) is 0. The van der Waals surface area contributed by atoms with Crippen LogP contribution in [0.5, 0.6) is 0 Å². The predicted molar refractivity (Wildman–Crippen MR) is 181 cm³/mol. The van der Waals surface area contributed by atoms with Gasteiger partial charge in [0.25, 0.3) is 0 Å². The molecule has 0 atom stereocenters. The molecule has 0 fully saturated rings. The SMILES string of the molecule is CCCCC/C(=C1/N=C(C)C(c2ccc(N(c3ccccc3)c3ccccc3)cc2)=C1C)c1c(C)c(C=O)c(C)n1B(F)F. The van der Waals surface area contributed by atoms with E-state index in [2.05, 4.69) is 60.4 Å². The van der Waals surface area contributed by atoms with Gasteiger partial charge in [0.2, 0.25) is 0 Å². The number of carbonyl (C=O) groups is 1. The second kappa shape index (κ2) is 13.4. The van der Waals surface area contributed by atoms with Gasteiger partial charge in [-0.05, 0) is 93.6 Å². The molecule has 0 spiro atoms. The molecule has 0 amide bonds. The molecule has 0 unspecified atom stereocenters. The Morgan fingerprint density at radius 2 is 1.41 bits per heavy atom. The maximum Gasteiger partial charge on any atom is 0.677 e. The van der Waals surface area contributed by atoms with E-state index in [9.17, 15) is 13.4 Å². The Morgan fingerprint density at radius 3 is 1.93 bits per heavy atom. The number of allylic oxidation sites excluding steroid dienone is 3. The highest BCUT2D eigenvalue weighted by molar-refractivity contribution is 6.42. The van der Waals surface area contributed by atoms with E-state index in [0.717, 1.165) is 74.5 Å². The summed E-state index contributed by atoms with van der Waals surface area (Å²) in [5.74, 6) is 0. The smallest absolute Gasteiger partial charge is 0.328 e. The van der Waals surface area contributed by atoms with E-state index in [1.807, 2.05) is 50.2 Å². The number of aliphatic imine (C=N–C) groups is 1. The van der Waals surface area contributed by atoms with Crippen LogP contribution in [0.3, 0.4) is 0 Å². The molecule has 5 rings (SSSR count). The number of carbonyl (C=O) groups excluding carboxylic acids is 1. The molecule has 4 nitrogen and oxygen atoms in total. The van der Waals surface area contributed by atoms with Crippen molar-refractivity contribution in [2.24, 2.45) is 4.99 Å². The number of unbranched alkanes of at least 4 members (excludes halogenated alkanes) is 2. The van der Waals surface area contributed by atoms with E-state index in [4.69, 9.17) is 4.99 Å². The number of halogens is 2. The molecular weight excluding hydrogens is 551 g/mol. The van der Waals surface area contributed by atoms with Gasteiger partial charge < -0.3 is 9.38 Å². The van der Waals surface area contributed by atoms with Gasteiger partial charge in [-0.2, -0.15) is 0 Å². The standard InChI is InChI=1S/C37H38BF2N3O/c1-6-7-10-19-33(37-25(2)34(24-44)28(5)43(37)38(39)40)36-26(3)35(27(4)41-36)29-20-22-32(23-21-29)42(30-15-11-8-12-16-30)31-17-13-9-14-18-31/h8-9,11-18,20-24H,6-7,10,19H2,1-5H3/b36-33-. The molecule has 3 aromatic carbocycles. The molecule has 1 aliphatic rings. The maximum absolute atomic E-state index is 14.5.